The molecule has 5 heteroatoms. The van der Waals surface area contributed by atoms with Crippen molar-refractivity contribution in [3.63, 3.8) is 0 Å². The number of hydrogen-bond donors (Lipinski definition) is 2. The topological polar surface area (TPSA) is 52.6 Å². The molecule has 1 aromatic heterocycles. The Morgan fingerprint density at radius 1 is 1.43 bits per heavy atom. The number of aliphatic hydroxyl groups excluding tert-OH is 1. The third-order valence-corrected chi connectivity index (χ3v) is 4.92. The summed E-state index contributed by atoms with van der Waals surface area (Å²) in [6.45, 7) is 3.26. The summed E-state index contributed by atoms with van der Waals surface area (Å²) >= 11 is 1.68. The van der Waals surface area contributed by atoms with E-state index in [1.165, 1.54) is 5.56 Å². The average molecular weight is 330 g/mol. The number of nitrogens with zero attached hydrogens (tertiary/aromatic N) is 1. The number of thiophene rings is 1. The molecule has 122 valence electrons. The van der Waals surface area contributed by atoms with Crippen molar-refractivity contribution in [3.05, 3.63) is 52.2 Å². The van der Waals surface area contributed by atoms with Gasteiger partial charge in [0, 0.05) is 30.4 Å². The molecule has 2 heterocycles. The fourth-order valence-corrected chi connectivity index (χ4v) is 3.67. The van der Waals surface area contributed by atoms with Crippen LogP contribution in [0.3, 0.4) is 0 Å². The first kappa shape index (κ1) is 16.0. The Balaban J connectivity index is 1.70. The van der Waals surface area contributed by atoms with Crippen LogP contribution < -0.4 is 5.32 Å². The zero-order valence-electron chi connectivity index (χ0n) is 13.2. The molecule has 0 saturated carbocycles. The second-order valence-corrected chi connectivity index (χ2v) is 6.83. The predicted molar refractivity (Wildman–Crippen MR) is 93.9 cm³/mol. The monoisotopic (exact) mass is 330 g/mol. The largest absolute Gasteiger partial charge is 0.391 e. The van der Waals surface area contributed by atoms with E-state index in [0.29, 0.717) is 12.1 Å². The van der Waals surface area contributed by atoms with Crippen LogP contribution >= 0.6 is 11.3 Å². The summed E-state index contributed by atoms with van der Waals surface area (Å²) in [5, 5.41) is 17.4. The van der Waals surface area contributed by atoms with E-state index in [0.717, 1.165) is 25.1 Å². The molecular formula is C18H22N2O2S. The molecule has 1 aliphatic heterocycles. The Hall–Kier alpha value is -1.85. The Morgan fingerprint density at radius 3 is 3.04 bits per heavy atom. The van der Waals surface area contributed by atoms with Gasteiger partial charge in [0.05, 0.1) is 6.10 Å². The Kier molecular flexibility index (Phi) is 4.98. The zero-order chi connectivity index (χ0) is 16.2. The second kappa shape index (κ2) is 7.15. The van der Waals surface area contributed by atoms with Crippen molar-refractivity contribution < 1.29 is 9.90 Å². The number of rotatable bonds is 4. The maximum Gasteiger partial charge on any atom is 0.254 e. The molecule has 0 radical (unpaired) electrons. The van der Waals surface area contributed by atoms with E-state index in [-0.39, 0.29) is 11.9 Å². The molecule has 2 aromatic rings. The first-order valence-electron chi connectivity index (χ1n) is 7.99. The molecule has 4 nitrogen and oxygen atoms in total. The Morgan fingerprint density at radius 2 is 2.30 bits per heavy atom. The minimum Gasteiger partial charge on any atom is -0.391 e. The van der Waals surface area contributed by atoms with Crippen molar-refractivity contribution in [1.29, 1.82) is 0 Å². The number of amides is 1. The highest BCUT2D eigenvalue weighted by molar-refractivity contribution is 7.08. The number of carbonyl (C=O) groups excluding carboxylic acids is 1. The standard InChI is InChI=1S/C18H22N2O2S/c1-13(15-7-9-23-12-15)19-16-5-2-4-14(10-16)18(22)20-8-3-6-17(21)11-20/h2,4-5,7,9-10,12-13,17,19,21H,3,6,8,11H2,1H3. The lowest BCUT2D eigenvalue weighted by atomic mass is 10.1. The van der Waals surface area contributed by atoms with Gasteiger partial charge in [-0.15, -0.1) is 0 Å². The number of β-amino-alcohol motifs (C(OH)–C–C–N with tert-alkyl or cyclic N) is 1. The van der Waals surface area contributed by atoms with Gasteiger partial charge in [-0.05, 0) is 60.4 Å². The van der Waals surface area contributed by atoms with Crippen molar-refractivity contribution in [2.75, 3.05) is 18.4 Å². The molecule has 1 aromatic carbocycles. The first-order valence-corrected chi connectivity index (χ1v) is 8.94. The zero-order valence-corrected chi connectivity index (χ0v) is 14.1. The highest BCUT2D eigenvalue weighted by Gasteiger charge is 2.23. The number of hydrogen-bond acceptors (Lipinski definition) is 4. The van der Waals surface area contributed by atoms with Gasteiger partial charge >= 0.3 is 0 Å². The molecule has 2 N–H and O–H groups in total. The van der Waals surface area contributed by atoms with Gasteiger partial charge in [0.1, 0.15) is 0 Å². The molecule has 23 heavy (non-hydrogen) atoms. The van der Waals surface area contributed by atoms with E-state index in [9.17, 15) is 9.90 Å². The lowest BCUT2D eigenvalue weighted by Gasteiger charge is -2.30. The molecule has 2 unspecified atom stereocenters. The highest BCUT2D eigenvalue weighted by atomic mass is 32.1. The van der Waals surface area contributed by atoms with Gasteiger partial charge in [0.15, 0.2) is 0 Å². The molecule has 1 saturated heterocycles. The second-order valence-electron chi connectivity index (χ2n) is 6.05. The number of nitrogens with one attached hydrogen (secondary N) is 1. The van der Waals surface area contributed by atoms with Crippen LogP contribution in [-0.4, -0.2) is 35.1 Å². The molecule has 2 atom stereocenters. The van der Waals surface area contributed by atoms with Gasteiger partial charge in [-0.3, -0.25) is 4.79 Å². The average Bonchev–Trinajstić information content (AvgIpc) is 3.09. The summed E-state index contributed by atoms with van der Waals surface area (Å²) in [5.41, 5.74) is 2.85. The van der Waals surface area contributed by atoms with E-state index in [2.05, 4.69) is 29.1 Å². The van der Waals surface area contributed by atoms with Gasteiger partial charge < -0.3 is 15.3 Å². The maximum absolute atomic E-state index is 12.6. The summed E-state index contributed by atoms with van der Waals surface area (Å²) in [6.07, 6.45) is 1.25. The van der Waals surface area contributed by atoms with E-state index >= 15 is 0 Å². The number of anilines is 1. The van der Waals surface area contributed by atoms with Crippen molar-refractivity contribution in [2.45, 2.75) is 31.9 Å². The van der Waals surface area contributed by atoms with Gasteiger partial charge in [0.25, 0.3) is 5.91 Å². The van der Waals surface area contributed by atoms with Gasteiger partial charge in [0.2, 0.25) is 0 Å². The normalized spacial score (nSPS) is 19.4. The number of benzene rings is 1. The van der Waals surface area contributed by atoms with Crippen LogP contribution in [0.15, 0.2) is 41.1 Å². The van der Waals surface area contributed by atoms with Crippen molar-refractivity contribution in [2.24, 2.45) is 0 Å². The Bertz CT molecular complexity index is 657. The first-order chi connectivity index (χ1) is 11.1. The molecular weight excluding hydrogens is 308 g/mol. The van der Waals surface area contributed by atoms with E-state index in [4.69, 9.17) is 0 Å². The van der Waals surface area contributed by atoms with Gasteiger partial charge in [-0.25, -0.2) is 0 Å². The van der Waals surface area contributed by atoms with Crippen LogP contribution in [0.1, 0.15) is 41.7 Å². The van der Waals surface area contributed by atoms with Crippen LogP contribution in [0.2, 0.25) is 0 Å². The van der Waals surface area contributed by atoms with Crippen LogP contribution in [0, 0.1) is 0 Å². The molecule has 1 amide bonds. The number of piperidine rings is 1. The van der Waals surface area contributed by atoms with Crippen LogP contribution in [0.25, 0.3) is 0 Å². The molecule has 3 rings (SSSR count). The number of likely N-dealkylation sites (tertiary alicyclic amines) is 1. The van der Waals surface area contributed by atoms with E-state index in [1.54, 1.807) is 16.2 Å². The summed E-state index contributed by atoms with van der Waals surface area (Å²) in [4.78, 5) is 14.3. The van der Waals surface area contributed by atoms with Crippen molar-refractivity contribution in [1.82, 2.24) is 4.90 Å². The molecule has 1 fully saturated rings. The van der Waals surface area contributed by atoms with E-state index < -0.39 is 6.10 Å². The number of aliphatic hydroxyl groups is 1. The fourth-order valence-electron chi connectivity index (χ4n) is 2.92. The number of carbonyl (C=O) groups is 1. The summed E-state index contributed by atoms with van der Waals surface area (Å²) in [7, 11) is 0. The van der Waals surface area contributed by atoms with Gasteiger partial charge in [-0.2, -0.15) is 11.3 Å². The summed E-state index contributed by atoms with van der Waals surface area (Å²) in [6, 6.07) is 9.91. The lowest BCUT2D eigenvalue weighted by Crippen LogP contribution is -2.42. The molecule has 0 spiro atoms. The Labute approximate surface area is 140 Å². The van der Waals surface area contributed by atoms with Crippen LogP contribution in [0.5, 0.6) is 0 Å². The van der Waals surface area contributed by atoms with E-state index in [1.807, 2.05) is 24.3 Å². The third kappa shape index (κ3) is 3.92. The third-order valence-electron chi connectivity index (χ3n) is 4.22. The van der Waals surface area contributed by atoms with Crippen LogP contribution in [-0.2, 0) is 0 Å². The minimum absolute atomic E-state index is 0.00409. The summed E-state index contributed by atoms with van der Waals surface area (Å²) in [5.74, 6) is -0.00409. The highest BCUT2D eigenvalue weighted by Crippen LogP contribution is 2.22. The molecule has 0 aliphatic carbocycles. The van der Waals surface area contributed by atoms with Crippen molar-refractivity contribution >= 4 is 22.9 Å². The lowest BCUT2D eigenvalue weighted by molar-refractivity contribution is 0.0474. The predicted octanol–water partition coefficient (Wildman–Crippen LogP) is 3.52. The summed E-state index contributed by atoms with van der Waals surface area (Å²) < 4.78 is 0. The SMILES string of the molecule is CC(Nc1cccc(C(=O)N2CCCC(O)C2)c1)c1ccsc1. The molecule has 1 aliphatic rings. The van der Waals surface area contributed by atoms with Crippen LogP contribution in [0.4, 0.5) is 5.69 Å². The van der Waals surface area contributed by atoms with Gasteiger partial charge in [-0.1, -0.05) is 6.07 Å². The fraction of sp³-hybridized carbons (Fsp3) is 0.389. The quantitative estimate of drug-likeness (QED) is 0.902. The smallest absolute Gasteiger partial charge is 0.254 e. The minimum atomic E-state index is -0.396. The maximum atomic E-state index is 12.6. The molecule has 0 bridgehead atoms. The van der Waals surface area contributed by atoms with Crippen molar-refractivity contribution in [3.8, 4) is 0 Å².